The van der Waals surface area contributed by atoms with Gasteiger partial charge in [0.25, 0.3) is 0 Å². The first-order valence-corrected chi connectivity index (χ1v) is 6.29. The number of rotatable bonds is 3. The minimum absolute atomic E-state index is 0.00793. The molecule has 1 amide bonds. The van der Waals surface area contributed by atoms with Gasteiger partial charge in [-0.3, -0.25) is 4.79 Å². The number of hydrogen-bond donors (Lipinski definition) is 1. The molecule has 2 rings (SSSR count). The molecule has 0 spiro atoms. The predicted molar refractivity (Wildman–Crippen MR) is 66.0 cm³/mol. The standard InChI is InChI=1S/C14H17NO3/c16-13(10-6-2-1-3-7-10)15-12-9-5-4-8-11(12)14(17)18/h4-5,8-10H,1-3,6-7H2,(H,15,16)(H,17,18)/p-1. The summed E-state index contributed by atoms with van der Waals surface area (Å²) < 4.78 is 0. The van der Waals surface area contributed by atoms with Gasteiger partial charge >= 0.3 is 0 Å². The van der Waals surface area contributed by atoms with Crippen LogP contribution in [0.3, 0.4) is 0 Å². The molecular formula is C14H16NO3-. The van der Waals surface area contributed by atoms with Crippen LogP contribution in [0.15, 0.2) is 24.3 Å². The van der Waals surface area contributed by atoms with Gasteiger partial charge in [0, 0.05) is 17.2 Å². The Balaban J connectivity index is 2.08. The molecule has 4 heteroatoms. The van der Waals surface area contributed by atoms with Crippen LogP contribution in [-0.4, -0.2) is 11.9 Å². The largest absolute Gasteiger partial charge is 0.545 e. The lowest BCUT2D eigenvalue weighted by Gasteiger charge is -2.21. The molecule has 1 aromatic carbocycles. The number of hydrogen-bond acceptors (Lipinski definition) is 3. The van der Waals surface area contributed by atoms with Gasteiger partial charge in [0.2, 0.25) is 5.91 Å². The zero-order valence-corrected chi connectivity index (χ0v) is 10.1. The maximum atomic E-state index is 12.0. The molecule has 0 unspecified atom stereocenters. The van der Waals surface area contributed by atoms with E-state index in [1.165, 1.54) is 12.5 Å². The summed E-state index contributed by atoms with van der Waals surface area (Å²) in [6.07, 6.45) is 5.10. The molecule has 0 atom stereocenters. The van der Waals surface area contributed by atoms with Gasteiger partial charge in [-0.1, -0.05) is 37.5 Å². The first-order valence-electron chi connectivity index (χ1n) is 6.29. The lowest BCUT2D eigenvalue weighted by Crippen LogP contribution is -2.28. The molecule has 1 aliphatic carbocycles. The number of aromatic carboxylic acids is 1. The average molecular weight is 246 g/mol. The van der Waals surface area contributed by atoms with E-state index in [-0.39, 0.29) is 17.4 Å². The smallest absolute Gasteiger partial charge is 0.227 e. The van der Waals surface area contributed by atoms with Crippen molar-refractivity contribution in [1.82, 2.24) is 0 Å². The number of carboxylic acids is 1. The maximum absolute atomic E-state index is 12.0. The maximum Gasteiger partial charge on any atom is 0.227 e. The first kappa shape index (κ1) is 12.6. The van der Waals surface area contributed by atoms with Crippen LogP contribution < -0.4 is 10.4 Å². The van der Waals surface area contributed by atoms with Crippen molar-refractivity contribution in [3.8, 4) is 0 Å². The number of carbonyl (C=O) groups excluding carboxylic acids is 2. The molecule has 1 fully saturated rings. The van der Waals surface area contributed by atoms with Gasteiger partial charge in [-0.25, -0.2) is 0 Å². The second-order valence-corrected chi connectivity index (χ2v) is 4.66. The van der Waals surface area contributed by atoms with Crippen LogP contribution in [0.1, 0.15) is 42.5 Å². The topological polar surface area (TPSA) is 69.2 Å². The molecule has 1 N–H and O–H groups in total. The van der Waals surface area contributed by atoms with Crippen LogP contribution in [0.25, 0.3) is 0 Å². The van der Waals surface area contributed by atoms with Crippen molar-refractivity contribution in [2.45, 2.75) is 32.1 Å². The fourth-order valence-corrected chi connectivity index (χ4v) is 2.37. The Morgan fingerprint density at radius 2 is 1.78 bits per heavy atom. The summed E-state index contributed by atoms with van der Waals surface area (Å²) in [5.41, 5.74) is 0.356. The first-order chi connectivity index (χ1) is 8.68. The number of anilines is 1. The second-order valence-electron chi connectivity index (χ2n) is 4.66. The molecule has 4 nitrogen and oxygen atoms in total. The third-order valence-corrected chi connectivity index (χ3v) is 3.38. The highest BCUT2D eigenvalue weighted by Gasteiger charge is 2.21. The van der Waals surface area contributed by atoms with E-state index < -0.39 is 5.97 Å². The van der Waals surface area contributed by atoms with E-state index in [1.54, 1.807) is 18.2 Å². The summed E-state index contributed by atoms with van der Waals surface area (Å²) in [6.45, 7) is 0. The molecule has 18 heavy (non-hydrogen) atoms. The lowest BCUT2D eigenvalue weighted by atomic mass is 9.88. The monoisotopic (exact) mass is 246 g/mol. The molecule has 0 saturated heterocycles. The van der Waals surface area contributed by atoms with Crippen molar-refractivity contribution < 1.29 is 14.7 Å². The van der Waals surface area contributed by atoms with E-state index in [2.05, 4.69) is 5.32 Å². The van der Waals surface area contributed by atoms with Gasteiger partial charge in [0.1, 0.15) is 0 Å². The van der Waals surface area contributed by atoms with E-state index in [1.807, 2.05) is 0 Å². The Labute approximate surface area is 106 Å². The molecule has 0 aromatic heterocycles. The second kappa shape index (κ2) is 5.67. The van der Waals surface area contributed by atoms with E-state index in [9.17, 15) is 14.7 Å². The summed E-state index contributed by atoms with van der Waals surface area (Å²) in [7, 11) is 0. The van der Waals surface area contributed by atoms with Crippen LogP contribution in [0, 0.1) is 5.92 Å². The molecule has 0 radical (unpaired) electrons. The summed E-state index contributed by atoms with van der Waals surface area (Å²) in [6, 6.07) is 6.34. The van der Waals surface area contributed by atoms with E-state index in [0.717, 1.165) is 25.7 Å². The predicted octanol–water partition coefficient (Wildman–Crippen LogP) is 1.57. The number of carbonyl (C=O) groups is 2. The molecular weight excluding hydrogens is 230 g/mol. The van der Waals surface area contributed by atoms with Gasteiger partial charge in [0.15, 0.2) is 0 Å². The number of carboxylic acid groups (broad SMARTS) is 1. The fourth-order valence-electron chi connectivity index (χ4n) is 2.37. The van der Waals surface area contributed by atoms with E-state index in [4.69, 9.17) is 0 Å². The van der Waals surface area contributed by atoms with Crippen LogP contribution in [0.4, 0.5) is 5.69 Å². The SMILES string of the molecule is O=C([O-])c1ccccc1NC(=O)C1CCCCC1. The minimum Gasteiger partial charge on any atom is -0.545 e. The molecule has 0 aliphatic heterocycles. The van der Waals surface area contributed by atoms with Crippen molar-refractivity contribution in [3.63, 3.8) is 0 Å². The average Bonchev–Trinajstić information content (AvgIpc) is 2.40. The van der Waals surface area contributed by atoms with Crippen LogP contribution in [-0.2, 0) is 4.79 Å². The van der Waals surface area contributed by atoms with Crippen LogP contribution in [0.5, 0.6) is 0 Å². The zero-order valence-electron chi connectivity index (χ0n) is 10.1. The Morgan fingerprint density at radius 1 is 1.11 bits per heavy atom. The van der Waals surface area contributed by atoms with Crippen molar-refractivity contribution >= 4 is 17.6 Å². The highest BCUT2D eigenvalue weighted by molar-refractivity contribution is 6.00. The zero-order chi connectivity index (χ0) is 13.0. The van der Waals surface area contributed by atoms with Crippen molar-refractivity contribution in [1.29, 1.82) is 0 Å². The lowest BCUT2D eigenvalue weighted by molar-refractivity contribution is -0.254. The number of para-hydroxylation sites is 1. The van der Waals surface area contributed by atoms with Gasteiger partial charge in [-0.05, 0) is 18.9 Å². The normalized spacial score (nSPS) is 16.2. The number of benzene rings is 1. The molecule has 1 aromatic rings. The number of amides is 1. The van der Waals surface area contributed by atoms with Crippen molar-refractivity contribution in [2.24, 2.45) is 5.92 Å². The molecule has 96 valence electrons. The third kappa shape index (κ3) is 2.88. The molecule has 0 heterocycles. The quantitative estimate of drug-likeness (QED) is 0.880. The van der Waals surface area contributed by atoms with Crippen LogP contribution >= 0.6 is 0 Å². The summed E-state index contributed by atoms with van der Waals surface area (Å²) in [4.78, 5) is 22.9. The molecule has 1 aliphatic rings. The third-order valence-electron chi connectivity index (χ3n) is 3.38. The highest BCUT2D eigenvalue weighted by Crippen LogP contribution is 2.25. The van der Waals surface area contributed by atoms with Gasteiger partial charge in [-0.2, -0.15) is 0 Å². The van der Waals surface area contributed by atoms with Gasteiger partial charge < -0.3 is 15.2 Å². The Bertz CT molecular complexity index is 450. The van der Waals surface area contributed by atoms with Gasteiger partial charge in [-0.15, -0.1) is 0 Å². The fraction of sp³-hybridized carbons (Fsp3) is 0.429. The highest BCUT2D eigenvalue weighted by atomic mass is 16.4. The molecule has 0 bridgehead atoms. The minimum atomic E-state index is -1.27. The Hall–Kier alpha value is -1.84. The summed E-state index contributed by atoms with van der Waals surface area (Å²) >= 11 is 0. The summed E-state index contributed by atoms with van der Waals surface area (Å²) in [5.74, 6) is -1.34. The van der Waals surface area contributed by atoms with Crippen LogP contribution in [0.2, 0.25) is 0 Å². The number of nitrogens with one attached hydrogen (secondary N) is 1. The van der Waals surface area contributed by atoms with Crippen molar-refractivity contribution in [3.05, 3.63) is 29.8 Å². The van der Waals surface area contributed by atoms with E-state index >= 15 is 0 Å². The van der Waals surface area contributed by atoms with Gasteiger partial charge in [0.05, 0.1) is 5.97 Å². The Morgan fingerprint density at radius 3 is 2.44 bits per heavy atom. The Kier molecular flexibility index (Phi) is 3.97. The van der Waals surface area contributed by atoms with Crippen molar-refractivity contribution in [2.75, 3.05) is 5.32 Å². The molecule has 1 saturated carbocycles. The summed E-state index contributed by atoms with van der Waals surface area (Å²) in [5, 5.41) is 13.6. The van der Waals surface area contributed by atoms with E-state index in [0.29, 0.717) is 5.69 Å².